The quantitative estimate of drug-likeness (QED) is 0.746. The van der Waals surface area contributed by atoms with Crippen molar-refractivity contribution in [3.63, 3.8) is 0 Å². The third-order valence-electron chi connectivity index (χ3n) is 4.33. The van der Waals surface area contributed by atoms with Crippen LogP contribution in [0.15, 0.2) is 29.2 Å². The number of hydrogen-bond donors (Lipinski definition) is 1. The second kappa shape index (κ2) is 7.77. The van der Waals surface area contributed by atoms with Crippen molar-refractivity contribution in [3.8, 4) is 0 Å². The summed E-state index contributed by atoms with van der Waals surface area (Å²) >= 11 is 6.06. The van der Waals surface area contributed by atoms with E-state index in [1.807, 2.05) is 4.68 Å². The number of nitrogens with one attached hydrogen (secondary N) is 1. The number of piperazine rings is 1. The van der Waals surface area contributed by atoms with Gasteiger partial charge in [0.05, 0.1) is 31.2 Å². The van der Waals surface area contributed by atoms with Crippen molar-refractivity contribution >= 4 is 21.6 Å². The maximum atomic E-state index is 12.8. The van der Waals surface area contributed by atoms with Crippen molar-refractivity contribution in [1.29, 1.82) is 0 Å². The van der Waals surface area contributed by atoms with Gasteiger partial charge in [0.2, 0.25) is 15.8 Å². The zero-order chi connectivity index (χ0) is 17.9. The van der Waals surface area contributed by atoms with Crippen molar-refractivity contribution in [2.75, 3.05) is 26.2 Å². The second-order valence-corrected chi connectivity index (χ2v) is 8.39. The normalized spacial score (nSPS) is 17.0. The Bertz CT molecular complexity index is 817. The Kier molecular flexibility index (Phi) is 5.67. The predicted octanol–water partition coefficient (Wildman–Crippen LogP) is -0.174. The van der Waals surface area contributed by atoms with E-state index in [0.717, 1.165) is 18.8 Å². The Labute approximate surface area is 152 Å². The van der Waals surface area contributed by atoms with E-state index in [2.05, 4.69) is 22.4 Å². The number of hydrogen-bond acceptors (Lipinski definition) is 5. The van der Waals surface area contributed by atoms with Crippen LogP contribution in [0.2, 0.25) is 5.02 Å². The molecule has 8 nitrogen and oxygen atoms in total. The lowest BCUT2D eigenvalue weighted by molar-refractivity contribution is -0.918. The first kappa shape index (κ1) is 18.2. The molecule has 1 aliphatic heterocycles. The fraction of sp³-hybridized carbons (Fsp3) is 0.533. The Morgan fingerprint density at radius 2 is 1.96 bits per heavy atom. The molecule has 0 radical (unpaired) electrons. The summed E-state index contributed by atoms with van der Waals surface area (Å²) in [7, 11) is -3.55. The summed E-state index contributed by atoms with van der Waals surface area (Å²) in [5.74, 6) is 0.847. The first-order chi connectivity index (χ1) is 12.0. The summed E-state index contributed by atoms with van der Waals surface area (Å²) in [6.45, 7) is 5.91. The Morgan fingerprint density at radius 1 is 1.24 bits per heavy atom. The summed E-state index contributed by atoms with van der Waals surface area (Å²) in [6.07, 6.45) is 0.969. The van der Waals surface area contributed by atoms with E-state index in [1.54, 1.807) is 24.3 Å². The van der Waals surface area contributed by atoms with Gasteiger partial charge in [0, 0.05) is 6.54 Å². The number of aromatic nitrogens is 4. The van der Waals surface area contributed by atoms with Crippen molar-refractivity contribution in [2.45, 2.75) is 31.3 Å². The van der Waals surface area contributed by atoms with E-state index in [9.17, 15) is 8.42 Å². The summed E-state index contributed by atoms with van der Waals surface area (Å²) in [4.78, 5) is 1.45. The summed E-state index contributed by atoms with van der Waals surface area (Å²) in [5.41, 5.74) is 0. The monoisotopic (exact) mass is 385 g/mol. The molecule has 3 rings (SSSR count). The highest BCUT2D eigenvalue weighted by Crippen LogP contribution is 2.24. The number of tetrazole rings is 1. The standard InChI is InChI=1S/C15H21ClN6O2S/c1-2-7-22-15(17-18-19-22)12-20-8-10-21(11-9-20)25(23,24)14-6-4-3-5-13(14)16/h3-6H,2,7-12H2,1H3/p+1. The fourth-order valence-electron chi connectivity index (χ4n) is 2.97. The number of aryl methyl sites for hydroxylation is 1. The minimum Gasteiger partial charge on any atom is -0.326 e. The van der Waals surface area contributed by atoms with Crippen LogP contribution in [0.4, 0.5) is 0 Å². The lowest BCUT2D eigenvalue weighted by Gasteiger charge is -2.31. The van der Waals surface area contributed by atoms with Crippen molar-refractivity contribution in [2.24, 2.45) is 0 Å². The molecule has 0 unspecified atom stereocenters. The van der Waals surface area contributed by atoms with Crippen molar-refractivity contribution in [3.05, 3.63) is 35.1 Å². The molecule has 2 heterocycles. The largest absolute Gasteiger partial charge is 0.326 e. The molecule has 1 N–H and O–H groups in total. The summed E-state index contributed by atoms with van der Waals surface area (Å²) in [5, 5.41) is 12.1. The third kappa shape index (κ3) is 4.00. The summed E-state index contributed by atoms with van der Waals surface area (Å²) in [6, 6.07) is 6.57. The molecule has 10 heteroatoms. The van der Waals surface area contributed by atoms with E-state index in [4.69, 9.17) is 11.6 Å². The maximum Gasteiger partial charge on any atom is 0.244 e. The molecule has 0 aliphatic carbocycles. The van der Waals surface area contributed by atoms with Crippen LogP contribution in [0.25, 0.3) is 0 Å². The van der Waals surface area contributed by atoms with Gasteiger partial charge in [0.1, 0.15) is 11.4 Å². The third-order valence-corrected chi connectivity index (χ3v) is 6.73. The number of quaternary nitrogens is 1. The van der Waals surface area contributed by atoms with Gasteiger partial charge in [-0.25, -0.2) is 13.1 Å². The predicted molar refractivity (Wildman–Crippen MR) is 92.7 cm³/mol. The van der Waals surface area contributed by atoms with Gasteiger partial charge in [-0.2, -0.15) is 4.31 Å². The SMILES string of the molecule is CCCn1nnnc1C[NH+]1CCN(S(=O)(=O)c2ccccc2Cl)CC1. The van der Waals surface area contributed by atoms with Gasteiger partial charge >= 0.3 is 0 Å². The Morgan fingerprint density at radius 3 is 2.64 bits per heavy atom. The lowest BCUT2D eigenvalue weighted by atomic mass is 10.3. The van der Waals surface area contributed by atoms with E-state index in [1.165, 1.54) is 9.21 Å². The van der Waals surface area contributed by atoms with E-state index >= 15 is 0 Å². The van der Waals surface area contributed by atoms with Crippen LogP contribution in [-0.4, -0.2) is 59.1 Å². The second-order valence-electron chi connectivity index (χ2n) is 6.08. The van der Waals surface area contributed by atoms with Crippen LogP contribution in [-0.2, 0) is 23.1 Å². The zero-order valence-corrected chi connectivity index (χ0v) is 15.7. The smallest absolute Gasteiger partial charge is 0.244 e. The van der Waals surface area contributed by atoms with Gasteiger partial charge in [0.25, 0.3) is 0 Å². The molecule has 1 saturated heterocycles. The fourth-order valence-corrected chi connectivity index (χ4v) is 4.91. The van der Waals surface area contributed by atoms with E-state index in [-0.39, 0.29) is 9.92 Å². The summed E-state index contributed by atoms with van der Waals surface area (Å²) < 4.78 is 28.9. The minimum absolute atomic E-state index is 0.173. The van der Waals surface area contributed by atoms with Gasteiger partial charge in [0.15, 0.2) is 0 Å². The van der Waals surface area contributed by atoms with Crippen LogP contribution in [0.1, 0.15) is 19.2 Å². The molecule has 0 spiro atoms. The molecule has 0 atom stereocenters. The van der Waals surface area contributed by atoms with Crippen molar-refractivity contribution in [1.82, 2.24) is 24.5 Å². The molecule has 0 amide bonds. The number of benzene rings is 1. The van der Waals surface area contributed by atoms with Gasteiger partial charge < -0.3 is 4.90 Å². The van der Waals surface area contributed by atoms with Crippen molar-refractivity contribution < 1.29 is 13.3 Å². The van der Waals surface area contributed by atoms with Crippen LogP contribution >= 0.6 is 11.6 Å². The van der Waals surface area contributed by atoms with Gasteiger partial charge in [-0.3, -0.25) is 0 Å². The minimum atomic E-state index is -3.55. The highest BCUT2D eigenvalue weighted by atomic mass is 35.5. The molecular weight excluding hydrogens is 364 g/mol. The lowest BCUT2D eigenvalue weighted by Crippen LogP contribution is -3.13. The molecular formula is C15H22ClN6O2S+. The molecule has 2 aromatic rings. The first-order valence-electron chi connectivity index (χ1n) is 8.35. The molecule has 0 bridgehead atoms. The maximum absolute atomic E-state index is 12.8. The molecule has 1 fully saturated rings. The Balaban J connectivity index is 1.64. The zero-order valence-electron chi connectivity index (χ0n) is 14.1. The van der Waals surface area contributed by atoms with Gasteiger partial charge in [-0.05, 0) is 29.0 Å². The van der Waals surface area contributed by atoms with Gasteiger partial charge in [-0.1, -0.05) is 30.7 Å². The Hall–Kier alpha value is -1.55. The molecule has 0 saturated carbocycles. The molecule has 1 aromatic heterocycles. The van der Waals surface area contributed by atoms with E-state index < -0.39 is 10.0 Å². The number of nitrogens with zero attached hydrogens (tertiary/aromatic N) is 5. The van der Waals surface area contributed by atoms with Crippen LogP contribution in [0.3, 0.4) is 0 Å². The first-order valence-corrected chi connectivity index (χ1v) is 10.2. The molecule has 136 valence electrons. The molecule has 25 heavy (non-hydrogen) atoms. The van der Waals surface area contributed by atoms with Crippen LogP contribution < -0.4 is 4.90 Å². The molecule has 1 aliphatic rings. The number of halogens is 1. The average Bonchev–Trinajstić information content (AvgIpc) is 3.03. The number of sulfonamides is 1. The van der Waals surface area contributed by atoms with E-state index in [0.29, 0.717) is 32.7 Å². The highest BCUT2D eigenvalue weighted by Gasteiger charge is 2.32. The number of rotatable bonds is 6. The average molecular weight is 386 g/mol. The van der Waals surface area contributed by atoms with Crippen LogP contribution in [0.5, 0.6) is 0 Å². The van der Waals surface area contributed by atoms with Gasteiger partial charge in [-0.15, -0.1) is 5.10 Å². The van der Waals surface area contributed by atoms with Crippen LogP contribution in [0, 0.1) is 0 Å². The highest BCUT2D eigenvalue weighted by molar-refractivity contribution is 7.89. The molecule has 1 aromatic carbocycles. The topological polar surface area (TPSA) is 85.4 Å².